The second-order valence-electron chi connectivity index (χ2n) is 8.69. The zero-order valence-corrected chi connectivity index (χ0v) is 20.0. The van der Waals surface area contributed by atoms with Crippen molar-refractivity contribution < 1.29 is 9.59 Å². The molecule has 0 bridgehead atoms. The van der Waals surface area contributed by atoms with Crippen LogP contribution in [0.4, 0.5) is 11.4 Å². The molecular weight excluding hydrogens is 444 g/mol. The fraction of sp³-hybridized carbons (Fsp3) is 0.222. The van der Waals surface area contributed by atoms with E-state index in [1.807, 2.05) is 29.2 Å². The summed E-state index contributed by atoms with van der Waals surface area (Å²) in [6.45, 7) is 6.32. The first-order valence-electron chi connectivity index (χ1n) is 11.4. The van der Waals surface area contributed by atoms with Gasteiger partial charge in [-0.3, -0.25) is 9.59 Å². The van der Waals surface area contributed by atoms with Crippen molar-refractivity contribution in [1.82, 2.24) is 9.27 Å². The maximum Gasteiger partial charge on any atom is 0.276 e. The highest BCUT2D eigenvalue weighted by atomic mass is 32.1. The molecular formula is C27H26N4O2S. The number of amides is 2. The van der Waals surface area contributed by atoms with E-state index in [0.717, 1.165) is 16.6 Å². The zero-order valence-electron chi connectivity index (χ0n) is 19.2. The molecule has 1 fully saturated rings. The van der Waals surface area contributed by atoms with E-state index < -0.39 is 0 Å². The number of aromatic nitrogens is 1. The molecule has 1 atom stereocenters. The molecule has 0 saturated carbocycles. The number of hydrogen-bond acceptors (Lipinski definition) is 5. The van der Waals surface area contributed by atoms with Gasteiger partial charge in [-0.1, -0.05) is 36.4 Å². The number of fused-ring (bicyclic) bond motifs is 1. The number of nitrogens with one attached hydrogen (secondary N) is 1. The van der Waals surface area contributed by atoms with E-state index in [2.05, 4.69) is 52.7 Å². The maximum atomic E-state index is 13.3. The molecule has 4 aromatic rings. The minimum atomic E-state index is -0.276. The fourth-order valence-corrected chi connectivity index (χ4v) is 5.26. The summed E-state index contributed by atoms with van der Waals surface area (Å²) in [6.07, 6.45) is 0. The predicted molar refractivity (Wildman–Crippen MR) is 138 cm³/mol. The van der Waals surface area contributed by atoms with Crippen LogP contribution in [0.1, 0.15) is 33.3 Å². The average Bonchev–Trinajstić information content (AvgIpc) is 3.28. The van der Waals surface area contributed by atoms with Crippen LogP contribution in [0.5, 0.6) is 0 Å². The summed E-state index contributed by atoms with van der Waals surface area (Å²) in [5, 5.41) is 3.73. The Kier molecular flexibility index (Phi) is 6.02. The first kappa shape index (κ1) is 22.1. The van der Waals surface area contributed by atoms with Gasteiger partial charge in [0.25, 0.3) is 11.8 Å². The lowest BCUT2D eigenvalue weighted by Gasteiger charge is -2.41. The highest BCUT2D eigenvalue weighted by Crippen LogP contribution is 2.25. The van der Waals surface area contributed by atoms with Gasteiger partial charge in [0.05, 0.1) is 4.70 Å². The summed E-state index contributed by atoms with van der Waals surface area (Å²) in [5.74, 6) is -0.298. The molecule has 1 aromatic heterocycles. The Morgan fingerprint density at radius 1 is 1.00 bits per heavy atom. The smallest absolute Gasteiger partial charge is 0.276 e. The summed E-state index contributed by atoms with van der Waals surface area (Å²) >= 11 is 1.30. The molecule has 3 aromatic carbocycles. The zero-order chi connectivity index (χ0) is 23.7. The molecule has 1 aliphatic rings. The number of nitrogens with zero attached hydrogens (tertiary/aromatic N) is 3. The normalized spacial score (nSPS) is 16.0. The lowest BCUT2D eigenvalue weighted by molar-refractivity contribution is 0.0726. The molecule has 2 amide bonds. The first-order chi connectivity index (χ1) is 16.5. The molecule has 1 N–H and O–H groups in total. The highest BCUT2D eigenvalue weighted by molar-refractivity contribution is 7.13. The van der Waals surface area contributed by atoms with Gasteiger partial charge in [-0.15, -0.1) is 0 Å². The first-order valence-corrected chi connectivity index (χ1v) is 12.2. The van der Waals surface area contributed by atoms with Crippen LogP contribution in [-0.2, 0) is 0 Å². The van der Waals surface area contributed by atoms with Crippen LogP contribution >= 0.6 is 11.5 Å². The standard InChI is InChI=1S/C27H26N4O2S/c1-18-7-5-10-22(15-18)31-14-13-30(17-19(31)2)27(33)20-8-6-9-21(16-20)28-26(32)25-23-11-3-4-12-24(23)34-29-25/h3-12,15-16,19H,13-14,17H2,1-2H3,(H,28,32)/t19-/m0/s1. The minimum absolute atomic E-state index is 0.0223. The van der Waals surface area contributed by atoms with Crippen molar-refractivity contribution in [2.24, 2.45) is 0 Å². The summed E-state index contributed by atoms with van der Waals surface area (Å²) in [6, 6.07) is 23.5. The van der Waals surface area contributed by atoms with E-state index in [-0.39, 0.29) is 17.9 Å². The van der Waals surface area contributed by atoms with Crippen molar-refractivity contribution in [1.29, 1.82) is 0 Å². The number of anilines is 2. The van der Waals surface area contributed by atoms with Gasteiger partial charge in [-0.05, 0) is 67.3 Å². The third-order valence-corrected chi connectivity index (χ3v) is 7.03. The molecule has 7 heteroatoms. The Balaban J connectivity index is 1.28. The lowest BCUT2D eigenvalue weighted by Crippen LogP contribution is -2.53. The number of benzene rings is 3. The maximum absolute atomic E-state index is 13.3. The number of hydrogen-bond donors (Lipinski definition) is 1. The average molecular weight is 471 g/mol. The quantitative estimate of drug-likeness (QED) is 0.445. The SMILES string of the molecule is Cc1cccc(N2CCN(C(=O)c3cccc(NC(=O)c4nsc5ccccc45)c3)C[C@@H]2C)c1. The van der Waals surface area contributed by atoms with Gasteiger partial charge < -0.3 is 15.1 Å². The third-order valence-electron chi connectivity index (χ3n) is 6.21. The molecule has 0 spiro atoms. The second kappa shape index (κ2) is 9.27. The van der Waals surface area contributed by atoms with Crippen molar-refractivity contribution in [3.8, 4) is 0 Å². The summed E-state index contributed by atoms with van der Waals surface area (Å²) in [4.78, 5) is 30.4. The largest absolute Gasteiger partial charge is 0.365 e. The number of carbonyl (C=O) groups excluding carboxylic acids is 2. The minimum Gasteiger partial charge on any atom is -0.365 e. The number of piperazine rings is 1. The Morgan fingerprint density at radius 3 is 2.65 bits per heavy atom. The monoisotopic (exact) mass is 470 g/mol. The van der Waals surface area contributed by atoms with E-state index in [4.69, 9.17) is 0 Å². The topological polar surface area (TPSA) is 65.5 Å². The van der Waals surface area contributed by atoms with Crippen LogP contribution in [0.3, 0.4) is 0 Å². The summed E-state index contributed by atoms with van der Waals surface area (Å²) < 4.78 is 5.29. The van der Waals surface area contributed by atoms with Crippen molar-refractivity contribution in [2.45, 2.75) is 19.9 Å². The van der Waals surface area contributed by atoms with Gasteiger partial charge in [0, 0.05) is 48.0 Å². The number of aryl methyl sites for hydroxylation is 1. The Hall–Kier alpha value is -3.71. The van der Waals surface area contributed by atoms with Crippen LogP contribution in [0.25, 0.3) is 10.1 Å². The van der Waals surface area contributed by atoms with E-state index in [1.54, 1.807) is 24.3 Å². The third kappa shape index (κ3) is 4.39. The number of carbonyl (C=O) groups is 2. The van der Waals surface area contributed by atoms with Gasteiger partial charge in [0.1, 0.15) is 5.69 Å². The number of rotatable bonds is 4. The summed E-state index contributed by atoms with van der Waals surface area (Å²) in [5.41, 5.74) is 3.97. The van der Waals surface area contributed by atoms with Crippen LogP contribution in [0, 0.1) is 6.92 Å². The van der Waals surface area contributed by atoms with Gasteiger partial charge >= 0.3 is 0 Å². The van der Waals surface area contributed by atoms with Crippen molar-refractivity contribution in [3.63, 3.8) is 0 Å². The predicted octanol–water partition coefficient (Wildman–Crippen LogP) is 5.21. The van der Waals surface area contributed by atoms with Crippen molar-refractivity contribution in [3.05, 3.63) is 89.6 Å². The molecule has 34 heavy (non-hydrogen) atoms. The molecule has 2 heterocycles. The van der Waals surface area contributed by atoms with Crippen LogP contribution in [-0.4, -0.2) is 46.8 Å². The molecule has 0 unspecified atom stereocenters. The van der Waals surface area contributed by atoms with E-state index >= 15 is 0 Å². The van der Waals surface area contributed by atoms with Crippen LogP contribution < -0.4 is 10.2 Å². The van der Waals surface area contributed by atoms with Gasteiger partial charge in [0.15, 0.2) is 0 Å². The molecule has 0 radical (unpaired) electrons. The van der Waals surface area contributed by atoms with E-state index in [0.29, 0.717) is 30.0 Å². The Labute approximate surface area is 203 Å². The van der Waals surface area contributed by atoms with Crippen molar-refractivity contribution in [2.75, 3.05) is 29.9 Å². The molecule has 1 aliphatic heterocycles. The van der Waals surface area contributed by atoms with Crippen LogP contribution in [0.2, 0.25) is 0 Å². The molecule has 1 saturated heterocycles. The van der Waals surface area contributed by atoms with Gasteiger partial charge in [-0.25, -0.2) is 0 Å². The lowest BCUT2D eigenvalue weighted by atomic mass is 10.1. The summed E-state index contributed by atoms with van der Waals surface area (Å²) in [7, 11) is 0. The molecule has 172 valence electrons. The van der Waals surface area contributed by atoms with E-state index in [9.17, 15) is 9.59 Å². The van der Waals surface area contributed by atoms with E-state index in [1.165, 1.54) is 22.8 Å². The molecule has 5 rings (SSSR count). The Bertz CT molecular complexity index is 1370. The van der Waals surface area contributed by atoms with Gasteiger partial charge in [0.2, 0.25) is 0 Å². The molecule has 6 nitrogen and oxygen atoms in total. The fourth-order valence-electron chi connectivity index (χ4n) is 4.48. The van der Waals surface area contributed by atoms with Crippen molar-refractivity contribution >= 4 is 44.8 Å². The Morgan fingerprint density at radius 2 is 1.82 bits per heavy atom. The second-order valence-corrected chi connectivity index (χ2v) is 9.50. The molecule has 0 aliphatic carbocycles. The van der Waals surface area contributed by atoms with Crippen LogP contribution in [0.15, 0.2) is 72.8 Å². The highest BCUT2D eigenvalue weighted by Gasteiger charge is 2.27. The van der Waals surface area contributed by atoms with Gasteiger partial charge in [-0.2, -0.15) is 4.37 Å².